The lowest BCUT2D eigenvalue weighted by molar-refractivity contribution is -0.384. The van der Waals surface area contributed by atoms with Gasteiger partial charge < -0.3 is 4.90 Å². The summed E-state index contributed by atoms with van der Waals surface area (Å²) in [6, 6.07) is 20.4. The van der Waals surface area contributed by atoms with E-state index in [1.807, 2.05) is 6.07 Å². The Hall–Kier alpha value is -4.37. The summed E-state index contributed by atoms with van der Waals surface area (Å²) in [5.41, 5.74) is 3.10. The molecule has 0 spiro atoms. The van der Waals surface area contributed by atoms with Crippen molar-refractivity contribution in [3.8, 4) is 0 Å². The van der Waals surface area contributed by atoms with Gasteiger partial charge in [-0.15, -0.1) is 0 Å². The average molecular weight is 485 g/mol. The molecule has 0 unspecified atom stereocenters. The van der Waals surface area contributed by atoms with E-state index < -0.39 is 4.92 Å². The van der Waals surface area contributed by atoms with Gasteiger partial charge in [0.05, 0.1) is 22.6 Å². The van der Waals surface area contributed by atoms with Gasteiger partial charge in [0.25, 0.3) is 23.4 Å². The van der Waals surface area contributed by atoms with Crippen molar-refractivity contribution in [1.29, 1.82) is 0 Å². The Balaban J connectivity index is 1.16. The Morgan fingerprint density at radius 1 is 0.778 bits per heavy atom. The normalized spacial score (nSPS) is 15.8. The SMILES string of the molecule is O=C(c1ccc(CN2C(=O)c3ccccc3C2=O)cc1)N1CCN(Cc2cccc([N+](=O)[O-])c2)CC1. The summed E-state index contributed by atoms with van der Waals surface area (Å²) in [7, 11) is 0. The molecule has 9 heteroatoms. The van der Waals surface area contributed by atoms with Gasteiger partial charge >= 0.3 is 0 Å². The molecule has 3 amide bonds. The van der Waals surface area contributed by atoms with Crippen molar-refractivity contribution in [3.05, 3.63) is 111 Å². The van der Waals surface area contributed by atoms with Crippen molar-refractivity contribution in [2.24, 2.45) is 0 Å². The first-order valence-electron chi connectivity index (χ1n) is 11.7. The third kappa shape index (κ3) is 4.60. The van der Waals surface area contributed by atoms with E-state index in [4.69, 9.17) is 0 Å². The third-order valence-electron chi connectivity index (χ3n) is 6.61. The van der Waals surface area contributed by atoms with E-state index in [0.29, 0.717) is 49.4 Å². The van der Waals surface area contributed by atoms with Gasteiger partial charge in [-0.3, -0.25) is 34.3 Å². The fourth-order valence-corrected chi connectivity index (χ4v) is 4.64. The lowest BCUT2D eigenvalue weighted by Gasteiger charge is -2.34. The quantitative estimate of drug-likeness (QED) is 0.302. The van der Waals surface area contributed by atoms with Gasteiger partial charge in [0.2, 0.25) is 0 Å². The number of piperazine rings is 1. The first kappa shape index (κ1) is 23.4. The molecule has 2 aliphatic heterocycles. The highest BCUT2D eigenvalue weighted by Crippen LogP contribution is 2.24. The second-order valence-corrected chi connectivity index (χ2v) is 8.93. The van der Waals surface area contributed by atoms with Crippen LogP contribution >= 0.6 is 0 Å². The monoisotopic (exact) mass is 484 g/mol. The number of fused-ring (bicyclic) bond motifs is 1. The molecule has 0 aromatic heterocycles. The second kappa shape index (κ2) is 9.71. The minimum Gasteiger partial charge on any atom is -0.336 e. The molecule has 3 aromatic rings. The van der Waals surface area contributed by atoms with Crippen LogP contribution in [0.2, 0.25) is 0 Å². The molecule has 1 fully saturated rings. The summed E-state index contributed by atoms with van der Waals surface area (Å²) in [6.07, 6.45) is 0. The number of carbonyl (C=O) groups is 3. The molecule has 5 rings (SSSR count). The third-order valence-corrected chi connectivity index (χ3v) is 6.61. The number of amides is 3. The molecule has 9 nitrogen and oxygen atoms in total. The Morgan fingerprint density at radius 2 is 1.42 bits per heavy atom. The van der Waals surface area contributed by atoms with Gasteiger partial charge in [-0.25, -0.2) is 0 Å². The van der Waals surface area contributed by atoms with Crippen LogP contribution in [0, 0.1) is 10.1 Å². The maximum absolute atomic E-state index is 13.0. The van der Waals surface area contributed by atoms with Gasteiger partial charge in [-0.1, -0.05) is 36.4 Å². The molecule has 0 N–H and O–H groups in total. The van der Waals surface area contributed by atoms with E-state index in [9.17, 15) is 24.5 Å². The Morgan fingerprint density at radius 3 is 2.03 bits per heavy atom. The summed E-state index contributed by atoms with van der Waals surface area (Å²) >= 11 is 0. The van der Waals surface area contributed by atoms with Gasteiger partial charge in [0, 0.05) is 50.4 Å². The number of imide groups is 1. The number of rotatable bonds is 6. The number of hydrogen-bond acceptors (Lipinski definition) is 6. The number of nitro groups is 1. The lowest BCUT2D eigenvalue weighted by atomic mass is 10.1. The van der Waals surface area contributed by atoms with Crippen LogP contribution in [0.3, 0.4) is 0 Å². The van der Waals surface area contributed by atoms with E-state index in [2.05, 4.69) is 4.90 Å². The summed E-state index contributed by atoms with van der Waals surface area (Å²) in [5.74, 6) is -0.685. The molecule has 3 aromatic carbocycles. The number of nitrogens with zero attached hydrogens (tertiary/aromatic N) is 4. The minimum atomic E-state index is -0.398. The lowest BCUT2D eigenvalue weighted by Crippen LogP contribution is -2.48. The van der Waals surface area contributed by atoms with Crippen LogP contribution in [0.5, 0.6) is 0 Å². The van der Waals surface area contributed by atoms with Crippen LogP contribution in [0.4, 0.5) is 5.69 Å². The molecule has 0 radical (unpaired) electrons. The van der Waals surface area contributed by atoms with Gasteiger partial charge in [-0.05, 0) is 35.4 Å². The molecule has 0 atom stereocenters. The molecule has 1 saturated heterocycles. The molecule has 36 heavy (non-hydrogen) atoms. The van der Waals surface area contributed by atoms with Crippen LogP contribution in [0.1, 0.15) is 42.2 Å². The minimum absolute atomic E-state index is 0.0720. The molecule has 182 valence electrons. The van der Waals surface area contributed by atoms with Crippen LogP contribution in [0.15, 0.2) is 72.8 Å². The zero-order valence-corrected chi connectivity index (χ0v) is 19.5. The Labute approximate surface area is 207 Å². The fraction of sp³-hybridized carbons (Fsp3) is 0.222. The number of nitro benzene ring substituents is 1. The van der Waals surface area contributed by atoms with Crippen LogP contribution < -0.4 is 0 Å². The number of non-ortho nitro benzene ring substituents is 1. The van der Waals surface area contributed by atoms with Gasteiger partial charge in [0.1, 0.15) is 0 Å². The van der Waals surface area contributed by atoms with E-state index in [0.717, 1.165) is 11.1 Å². The first-order chi connectivity index (χ1) is 17.4. The van der Waals surface area contributed by atoms with E-state index in [1.54, 1.807) is 65.6 Å². The van der Waals surface area contributed by atoms with Gasteiger partial charge in [-0.2, -0.15) is 0 Å². The van der Waals surface area contributed by atoms with Crippen LogP contribution in [0.25, 0.3) is 0 Å². The topological polar surface area (TPSA) is 104 Å². The van der Waals surface area contributed by atoms with Gasteiger partial charge in [0.15, 0.2) is 0 Å². The first-order valence-corrected chi connectivity index (χ1v) is 11.7. The molecular formula is C27H24N4O5. The molecule has 0 saturated carbocycles. The molecule has 2 heterocycles. The standard InChI is InChI=1S/C27H24N4O5/c32-25(29-14-12-28(13-15-29)17-20-4-3-5-22(16-20)31(35)36)21-10-8-19(9-11-21)18-30-26(33)23-6-1-2-7-24(23)27(30)34/h1-11,16H,12-15,17-18H2. The number of carbonyl (C=O) groups excluding carboxylic acids is 3. The van der Waals surface area contributed by atoms with Crippen molar-refractivity contribution in [2.75, 3.05) is 26.2 Å². The van der Waals surface area contributed by atoms with Crippen molar-refractivity contribution < 1.29 is 19.3 Å². The summed E-state index contributed by atoms with van der Waals surface area (Å²) in [6.45, 7) is 3.21. The second-order valence-electron chi connectivity index (χ2n) is 8.93. The number of benzene rings is 3. The molecule has 0 aliphatic carbocycles. The predicted octanol–water partition coefficient (Wildman–Crippen LogP) is 3.35. The number of hydrogen-bond donors (Lipinski definition) is 0. The van der Waals surface area contributed by atoms with Crippen molar-refractivity contribution in [2.45, 2.75) is 13.1 Å². The zero-order chi connectivity index (χ0) is 25.2. The van der Waals surface area contributed by atoms with Crippen LogP contribution in [-0.2, 0) is 13.1 Å². The van der Waals surface area contributed by atoms with Crippen molar-refractivity contribution in [1.82, 2.24) is 14.7 Å². The fourth-order valence-electron chi connectivity index (χ4n) is 4.64. The Bertz CT molecular complexity index is 1310. The van der Waals surface area contributed by atoms with Crippen LogP contribution in [-0.4, -0.2) is 63.5 Å². The largest absolute Gasteiger partial charge is 0.336 e. The highest BCUT2D eigenvalue weighted by Gasteiger charge is 2.35. The van der Waals surface area contributed by atoms with E-state index in [1.165, 1.54) is 11.0 Å². The predicted molar refractivity (Wildman–Crippen MR) is 131 cm³/mol. The highest BCUT2D eigenvalue weighted by molar-refractivity contribution is 6.21. The van der Waals surface area contributed by atoms with Crippen molar-refractivity contribution >= 4 is 23.4 Å². The zero-order valence-electron chi connectivity index (χ0n) is 19.5. The highest BCUT2D eigenvalue weighted by atomic mass is 16.6. The van der Waals surface area contributed by atoms with E-state index >= 15 is 0 Å². The summed E-state index contributed by atoms with van der Waals surface area (Å²) in [5, 5.41) is 11.0. The summed E-state index contributed by atoms with van der Waals surface area (Å²) < 4.78 is 0. The summed E-state index contributed by atoms with van der Waals surface area (Å²) in [4.78, 5) is 54.0. The molecule has 2 aliphatic rings. The Kier molecular flexibility index (Phi) is 6.30. The maximum atomic E-state index is 13.0. The van der Waals surface area contributed by atoms with E-state index in [-0.39, 0.29) is 30.0 Å². The molecule has 0 bridgehead atoms. The maximum Gasteiger partial charge on any atom is 0.269 e. The smallest absolute Gasteiger partial charge is 0.269 e. The average Bonchev–Trinajstić information content (AvgIpc) is 3.14. The van der Waals surface area contributed by atoms with Crippen molar-refractivity contribution in [3.63, 3.8) is 0 Å². The molecular weight excluding hydrogens is 460 g/mol.